The molecule has 1 amide bonds. The van der Waals surface area contributed by atoms with Crippen LogP contribution >= 0.6 is 11.6 Å². The number of hydrogen-bond donors (Lipinski definition) is 1. The van der Waals surface area contributed by atoms with Gasteiger partial charge in [-0.15, -0.1) is 0 Å². The molecule has 2 aliphatic rings. The normalized spacial score (nSPS) is 21.7. The highest BCUT2D eigenvalue weighted by Crippen LogP contribution is 2.39. The zero-order valence-electron chi connectivity index (χ0n) is 16.5. The molecule has 0 bridgehead atoms. The maximum Gasteiger partial charge on any atom is 0.410 e. The number of ether oxygens (including phenoxy) is 1. The molecule has 3 aromatic heterocycles. The van der Waals surface area contributed by atoms with Crippen LogP contribution in [0, 0.1) is 0 Å². The van der Waals surface area contributed by atoms with Gasteiger partial charge in [0, 0.05) is 64.0 Å². The monoisotopic (exact) mass is 432 g/mol. The average molecular weight is 433 g/mol. The molecule has 0 atom stereocenters. The maximum atomic E-state index is 12.9. The highest BCUT2D eigenvalue weighted by molar-refractivity contribution is 6.39. The Morgan fingerprint density at radius 1 is 1.30 bits per heavy atom. The molecule has 1 N–H and O–H groups in total. The number of piperazine rings is 1. The van der Waals surface area contributed by atoms with Crippen molar-refractivity contribution in [2.75, 3.05) is 31.1 Å². The van der Waals surface area contributed by atoms with E-state index in [0.717, 1.165) is 22.3 Å². The number of aromatic nitrogens is 4. The lowest BCUT2D eigenvalue weighted by Gasteiger charge is -2.37. The van der Waals surface area contributed by atoms with Crippen molar-refractivity contribution in [3.8, 4) is 11.3 Å². The number of carbonyl (C=O) groups excluding carboxylic acids is 1. The molecule has 4 heterocycles. The fourth-order valence-electron chi connectivity index (χ4n) is 4.02. The van der Waals surface area contributed by atoms with Crippen LogP contribution < -0.4 is 4.90 Å². The number of fused-ring (bicyclic) bond motifs is 1. The van der Waals surface area contributed by atoms with Gasteiger partial charge >= 0.3 is 6.09 Å². The summed E-state index contributed by atoms with van der Waals surface area (Å²) in [6.07, 6.45) is 4.55. The van der Waals surface area contributed by atoms with Gasteiger partial charge in [-0.25, -0.2) is 14.2 Å². The van der Waals surface area contributed by atoms with E-state index in [4.69, 9.17) is 16.3 Å². The summed E-state index contributed by atoms with van der Waals surface area (Å²) in [5, 5.41) is 5.68. The van der Waals surface area contributed by atoms with Gasteiger partial charge in [0.1, 0.15) is 17.9 Å². The van der Waals surface area contributed by atoms with E-state index in [1.54, 1.807) is 22.0 Å². The summed E-state index contributed by atoms with van der Waals surface area (Å²) in [4.78, 5) is 23.9. The van der Waals surface area contributed by atoms with Gasteiger partial charge < -0.3 is 19.5 Å². The van der Waals surface area contributed by atoms with Crippen molar-refractivity contribution >= 4 is 34.4 Å². The van der Waals surface area contributed by atoms with E-state index in [1.165, 1.54) is 0 Å². The predicted molar refractivity (Wildman–Crippen MR) is 111 cm³/mol. The number of nitrogens with zero attached hydrogens (tertiary/aromatic N) is 5. The highest BCUT2D eigenvalue weighted by Gasteiger charge is 2.34. The number of carbonyl (C=O) groups is 1. The number of halogens is 2. The number of aromatic amines is 1. The molecule has 30 heavy (non-hydrogen) atoms. The molecule has 0 radical (unpaired) electrons. The number of anilines is 1. The molecule has 1 aliphatic heterocycles. The van der Waals surface area contributed by atoms with E-state index in [1.807, 2.05) is 19.3 Å². The Morgan fingerprint density at radius 3 is 2.73 bits per heavy atom. The molecule has 2 fully saturated rings. The third-order valence-corrected chi connectivity index (χ3v) is 6.17. The molecule has 0 unspecified atom stereocenters. The summed E-state index contributed by atoms with van der Waals surface area (Å²) >= 11 is 6.75. The SMILES string of the molecule is Cn1cc(-c2[nH]c3nccc(N4CCN(C(=O)OC5CC(F)C5)CC4)c3c2Cl)cn1. The molecular formula is C20H22ClFN6O2. The van der Waals surface area contributed by atoms with Crippen LogP contribution in [0.5, 0.6) is 0 Å². The molecule has 158 valence electrons. The van der Waals surface area contributed by atoms with Gasteiger partial charge in [-0.2, -0.15) is 5.10 Å². The largest absolute Gasteiger partial charge is 0.446 e. The van der Waals surface area contributed by atoms with Crippen molar-refractivity contribution in [3.05, 3.63) is 29.7 Å². The van der Waals surface area contributed by atoms with Crippen LogP contribution in [0.1, 0.15) is 12.8 Å². The lowest BCUT2D eigenvalue weighted by Crippen LogP contribution is -2.50. The minimum absolute atomic E-state index is 0.282. The van der Waals surface area contributed by atoms with Crippen LogP contribution in [0.4, 0.5) is 14.9 Å². The van der Waals surface area contributed by atoms with Crippen molar-refractivity contribution in [2.24, 2.45) is 7.05 Å². The van der Waals surface area contributed by atoms with Gasteiger partial charge in [-0.05, 0) is 6.07 Å². The summed E-state index contributed by atoms with van der Waals surface area (Å²) in [6, 6.07) is 1.94. The fourth-order valence-corrected chi connectivity index (χ4v) is 4.36. The van der Waals surface area contributed by atoms with Crippen molar-refractivity contribution in [2.45, 2.75) is 25.1 Å². The second-order valence-electron chi connectivity index (χ2n) is 7.82. The van der Waals surface area contributed by atoms with Crippen LogP contribution in [0.2, 0.25) is 5.02 Å². The van der Waals surface area contributed by atoms with E-state index in [0.29, 0.717) is 49.7 Å². The number of aryl methyl sites for hydroxylation is 1. The minimum atomic E-state index is -0.837. The molecule has 8 nitrogen and oxygen atoms in total. The second-order valence-corrected chi connectivity index (χ2v) is 8.20. The van der Waals surface area contributed by atoms with E-state index >= 15 is 0 Å². The molecule has 0 aromatic carbocycles. The van der Waals surface area contributed by atoms with Gasteiger partial charge in [0.2, 0.25) is 0 Å². The van der Waals surface area contributed by atoms with Gasteiger partial charge in [0.15, 0.2) is 0 Å². The lowest BCUT2D eigenvalue weighted by molar-refractivity contribution is -0.0132. The van der Waals surface area contributed by atoms with Crippen LogP contribution in [0.25, 0.3) is 22.3 Å². The zero-order chi connectivity index (χ0) is 20.8. The van der Waals surface area contributed by atoms with Crippen molar-refractivity contribution in [1.82, 2.24) is 24.6 Å². The highest BCUT2D eigenvalue weighted by atomic mass is 35.5. The van der Waals surface area contributed by atoms with Crippen molar-refractivity contribution < 1.29 is 13.9 Å². The first-order chi connectivity index (χ1) is 14.5. The standard InChI is InChI=1S/C20H22ClFN6O2/c1-26-11-12(10-24-26)18-17(21)16-15(2-3-23-19(16)25-18)27-4-6-28(7-5-27)20(29)30-14-8-13(22)9-14/h2-3,10-11,13-14H,4-9H2,1H3,(H,23,25). The van der Waals surface area contributed by atoms with Gasteiger partial charge in [-0.3, -0.25) is 4.68 Å². The minimum Gasteiger partial charge on any atom is -0.446 e. The van der Waals surface area contributed by atoms with E-state index in [2.05, 4.69) is 20.0 Å². The third-order valence-electron chi connectivity index (χ3n) is 5.79. The van der Waals surface area contributed by atoms with Crippen LogP contribution in [0.15, 0.2) is 24.7 Å². The van der Waals surface area contributed by atoms with E-state index in [9.17, 15) is 9.18 Å². The molecular weight excluding hydrogens is 411 g/mol. The second kappa shape index (κ2) is 7.46. The molecule has 1 saturated carbocycles. The third kappa shape index (κ3) is 3.36. The number of pyridine rings is 1. The Bertz CT molecular complexity index is 1080. The van der Waals surface area contributed by atoms with E-state index in [-0.39, 0.29) is 12.2 Å². The first-order valence-electron chi connectivity index (χ1n) is 9.99. The van der Waals surface area contributed by atoms with Crippen molar-refractivity contribution in [1.29, 1.82) is 0 Å². The zero-order valence-corrected chi connectivity index (χ0v) is 17.3. The number of rotatable bonds is 3. The number of hydrogen-bond acceptors (Lipinski definition) is 5. The first-order valence-corrected chi connectivity index (χ1v) is 10.4. The lowest BCUT2D eigenvalue weighted by atomic mass is 9.94. The summed E-state index contributed by atoms with van der Waals surface area (Å²) in [7, 11) is 1.86. The molecule has 5 rings (SSSR count). The number of alkyl halides is 1. The van der Waals surface area contributed by atoms with Gasteiger partial charge in [0.05, 0.1) is 28.0 Å². The van der Waals surface area contributed by atoms with Gasteiger partial charge in [-0.1, -0.05) is 11.6 Å². The van der Waals surface area contributed by atoms with E-state index < -0.39 is 6.17 Å². The number of H-pyrrole nitrogens is 1. The summed E-state index contributed by atoms with van der Waals surface area (Å²) in [5.41, 5.74) is 3.37. The number of nitrogens with one attached hydrogen (secondary N) is 1. The molecule has 1 aliphatic carbocycles. The Morgan fingerprint density at radius 2 is 2.07 bits per heavy atom. The Labute approximate surface area is 177 Å². The molecule has 10 heteroatoms. The Hall–Kier alpha value is -2.81. The van der Waals surface area contributed by atoms with Gasteiger partial charge in [0.25, 0.3) is 0 Å². The quantitative estimate of drug-likeness (QED) is 0.686. The van der Waals surface area contributed by atoms with Crippen LogP contribution in [0.3, 0.4) is 0 Å². The van der Waals surface area contributed by atoms with Crippen molar-refractivity contribution in [3.63, 3.8) is 0 Å². The van der Waals surface area contributed by atoms with Crippen LogP contribution in [-0.2, 0) is 11.8 Å². The molecule has 0 spiro atoms. The summed E-state index contributed by atoms with van der Waals surface area (Å²) < 4.78 is 20.0. The smallest absolute Gasteiger partial charge is 0.410 e. The van der Waals surface area contributed by atoms with Crippen LogP contribution in [-0.4, -0.2) is 69.2 Å². The molecule has 1 saturated heterocycles. The first kappa shape index (κ1) is 19.2. The maximum absolute atomic E-state index is 12.9. The topological polar surface area (TPSA) is 79.3 Å². The average Bonchev–Trinajstić information content (AvgIpc) is 3.30. The number of amides is 1. The Balaban J connectivity index is 1.33. The fraction of sp³-hybridized carbons (Fsp3) is 0.450. The summed E-state index contributed by atoms with van der Waals surface area (Å²) in [6.45, 7) is 2.36. The Kier molecular flexibility index (Phi) is 4.77. The molecule has 3 aromatic rings. The predicted octanol–water partition coefficient (Wildman–Crippen LogP) is 3.38. The summed E-state index contributed by atoms with van der Waals surface area (Å²) in [5.74, 6) is 0.